The Hall–Kier alpha value is -2.83. The van der Waals surface area contributed by atoms with Crippen molar-refractivity contribution in [3.63, 3.8) is 0 Å². The molecule has 7 heteroatoms. The maximum Gasteiger partial charge on any atom is 0.304 e. The Morgan fingerprint density at radius 3 is 2.60 bits per heavy atom. The molecule has 0 aliphatic carbocycles. The van der Waals surface area contributed by atoms with E-state index in [1.807, 2.05) is 0 Å². The maximum atomic E-state index is 13.4. The molecule has 6 nitrogen and oxygen atoms in total. The van der Waals surface area contributed by atoms with Crippen molar-refractivity contribution in [2.45, 2.75) is 6.42 Å². The van der Waals surface area contributed by atoms with Gasteiger partial charge in [0.05, 0.1) is 11.3 Å². The zero-order chi connectivity index (χ0) is 14.5. The largest absolute Gasteiger partial charge is 0.326 e. The van der Waals surface area contributed by atoms with Crippen LogP contribution >= 0.6 is 0 Å². The second kappa shape index (κ2) is 5.87. The molecule has 1 amide bonds. The number of anilines is 1. The Balaban J connectivity index is 2.05. The molecular formula is C13H10FN3O3. The second-order valence-electron chi connectivity index (χ2n) is 4.00. The van der Waals surface area contributed by atoms with Crippen molar-refractivity contribution in [3.8, 4) is 0 Å². The van der Waals surface area contributed by atoms with Crippen molar-refractivity contribution in [2.24, 2.45) is 0 Å². The Bertz CT molecular complexity index is 647. The fourth-order valence-electron chi connectivity index (χ4n) is 1.62. The zero-order valence-electron chi connectivity index (χ0n) is 10.2. The van der Waals surface area contributed by atoms with Gasteiger partial charge in [0.15, 0.2) is 0 Å². The Kier molecular flexibility index (Phi) is 3.99. The van der Waals surface area contributed by atoms with E-state index >= 15 is 0 Å². The van der Waals surface area contributed by atoms with Gasteiger partial charge in [-0.25, -0.2) is 0 Å². The number of hydrogen-bond acceptors (Lipinski definition) is 4. The summed E-state index contributed by atoms with van der Waals surface area (Å²) in [7, 11) is 0. The molecule has 0 atom stereocenters. The number of nitrogens with zero attached hydrogens (tertiary/aromatic N) is 2. The Morgan fingerprint density at radius 2 is 2.00 bits per heavy atom. The van der Waals surface area contributed by atoms with Crippen molar-refractivity contribution >= 4 is 17.3 Å². The number of aromatic nitrogens is 1. The lowest BCUT2D eigenvalue weighted by atomic mass is 10.2. The number of carbonyl (C=O) groups excluding carboxylic acids is 1. The molecule has 0 saturated carbocycles. The third kappa shape index (κ3) is 3.35. The SMILES string of the molecule is O=C(Cc1ccncc1)Nc1ccc([N+](=O)[O-])c(F)c1. The van der Waals surface area contributed by atoms with E-state index in [0.717, 1.165) is 17.7 Å². The van der Waals surface area contributed by atoms with E-state index in [1.165, 1.54) is 6.07 Å². The molecule has 0 saturated heterocycles. The van der Waals surface area contributed by atoms with Gasteiger partial charge in [-0.2, -0.15) is 4.39 Å². The quantitative estimate of drug-likeness (QED) is 0.685. The highest BCUT2D eigenvalue weighted by atomic mass is 19.1. The molecule has 20 heavy (non-hydrogen) atoms. The molecule has 0 spiro atoms. The van der Waals surface area contributed by atoms with Gasteiger partial charge in [0.25, 0.3) is 0 Å². The highest BCUT2D eigenvalue weighted by Gasteiger charge is 2.14. The van der Waals surface area contributed by atoms with Crippen molar-refractivity contribution < 1.29 is 14.1 Å². The molecule has 1 aromatic carbocycles. The van der Waals surface area contributed by atoms with E-state index in [-0.39, 0.29) is 18.0 Å². The van der Waals surface area contributed by atoms with Gasteiger partial charge in [0, 0.05) is 30.2 Å². The molecule has 0 radical (unpaired) electrons. The average molecular weight is 275 g/mol. The second-order valence-corrected chi connectivity index (χ2v) is 4.00. The molecule has 2 aromatic rings. The van der Waals surface area contributed by atoms with Crippen LogP contribution in [0.25, 0.3) is 0 Å². The molecule has 1 N–H and O–H groups in total. The van der Waals surface area contributed by atoms with Crippen LogP contribution in [0.2, 0.25) is 0 Å². The summed E-state index contributed by atoms with van der Waals surface area (Å²) < 4.78 is 13.4. The number of nitro groups is 1. The van der Waals surface area contributed by atoms with Crippen LogP contribution in [0.4, 0.5) is 15.8 Å². The normalized spacial score (nSPS) is 10.1. The molecule has 0 aliphatic heterocycles. The number of nitro benzene ring substituents is 1. The number of nitrogens with one attached hydrogen (secondary N) is 1. The minimum Gasteiger partial charge on any atom is -0.326 e. The predicted octanol–water partition coefficient (Wildman–Crippen LogP) is 2.31. The van der Waals surface area contributed by atoms with Crippen LogP contribution in [-0.2, 0) is 11.2 Å². The monoisotopic (exact) mass is 275 g/mol. The molecule has 0 unspecified atom stereocenters. The predicted molar refractivity (Wildman–Crippen MR) is 69.6 cm³/mol. The maximum absolute atomic E-state index is 13.4. The van der Waals surface area contributed by atoms with E-state index in [2.05, 4.69) is 10.3 Å². The zero-order valence-corrected chi connectivity index (χ0v) is 10.2. The van der Waals surface area contributed by atoms with Gasteiger partial charge >= 0.3 is 5.69 Å². The molecule has 2 rings (SSSR count). The molecule has 0 aliphatic rings. The van der Waals surface area contributed by atoms with E-state index < -0.39 is 16.4 Å². The Labute approximate surface area is 113 Å². The summed E-state index contributed by atoms with van der Waals surface area (Å²) in [6.45, 7) is 0. The Morgan fingerprint density at radius 1 is 1.30 bits per heavy atom. The molecular weight excluding hydrogens is 265 g/mol. The summed E-state index contributed by atoms with van der Waals surface area (Å²) >= 11 is 0. The van der Waals surface area contributed by atoms with E-state index in [1.54, 1.807) is 24.5 Å². The van der Waals surface area contributed by atoms with Crippen molar-refractivity contribution in [2.75, 3.05) is 5.32 Å². The van der Waals surface area contributed by atoms with Crippen LogP contribution in [0.15, 0.2) is 42.7 Å². The lowest BCUT2D eigenvalue weighted by Gasteiger charge is -2.05. The molecule has 102 valence electrons. The highest BCUT2D eigenvalue weighted by Crippen LogP contribution is 2.20. The van der Waals surface area contributed by atoms with Gasteiger partial charge in [-0.15, -0.1) is 0 Å². The number of benzene rings is 1. The number of pyridine rings is 1. The van der Waals surface area contributed by atoms with Crippen LogP contribution in [-0.4, -0.2) is 15.8 Å². The van der Waals surface area contributed by atoms with E-state index in [4.69, 9.17) is 0 Å². The van der Waals surface area contributed by atoms with Gasteiger partial charge in [0.1, 0.15) is 0 Å². The summed E-state index contributed by atoms with van der Waals surface area (Å²) in [6, 6.07) is 6.59. The summed E-state index contributed by atoms with van der Waals surface area (Å²) in [5, 5.41) is 12.9. The highest BCUT2D eigenvalue weighted by molar-refractivity contribution is 5.92. The van der Waals surface area contributed by atoms with Crippen molar-refractivity contribution in [1.29, 1.82) is 0 Å². The molecule has 1 heterocycles. The average Bonchev–Trinajstić information content (AvgIpc) is 2.39. The first-order valence-electron chi connectivity index (χ1n) is 5.69. The van der Waals surface area contributed by atoms with E-state index in [9.17, 15) is 19.3 Å². The third-order valence-electron chi connectivity index (χ3n) is 2.54. The smallest absolute Gasteiger partial charge is 0.304 e. The number of rotatable bonds is 4. The summed E-state index contributed by atoms with van der Waals surface area (Å²) in [5.41, 5.74) is 0.309. The lowest BCUT2D eigenvalue weighted by Crippen LogP contribution is -2.14. The molecule has 0 fully saturated rings. The van der Waals surface area contributed by atoms with Crippen molar-refractivity contribution in [1.82, 2.24) is 4.98 Å². The molecule has 0 bridgehead atoms. The van der Waals surface area contributed by atoms with Crippen molar-refractivity contribution in [3.05, 3.63) is 64.2 Å². The van der Waals surface area contributed by atoms with Crippen LogP contribution in [0.3, 0.4) is 0 Å². The van der Waals surface area contributed by atoms with Gasteiger partial charge in [0.2, 0.25) is 11.7 Å². The van der Waals surface area contributed by atoms with Crippen LogP contribution in [0.1, 0.15) is 5.56 Å². The first kappa shape index (κ1) is 13.6. The fourth-order valence-corrected chi connectivity index (χ4v) is 1.62. The summed E-state index contributed by atoms with van der Waals surface area (Å²) in [5.74, 6) is -1.33. The van der Waals surface area contributed by atoms with E-state index in [0.29, 0.717) is 0 Å². The van der Waals surface area contributed by atoms with Gasteiger partial charge in [-0.05, 0) is 23.8 Å². The minimum absolute atomic E-state index is 0.112. The van der Waals surface area contributed by atoms with Crippen LogP contribution in [0, 0.1) is 15.9 Å². The summed E-state index contributed by atoms with van der Waals surface area (Å²) in [4.78, 5) is 25.2. The lowest BCUT2D eigenvalue weighted by molar-refractivity contribution is -0.387. The van der Waals surface area contributed by atoms with Gasteiger partial charge in [-0.3, -0.25) is 19.9 Å². The summed E-state index contributed by atoms with van der Waals surface area (Å²) in [6.07, 6.45) is 3.24. The number of halogens is 1. The molecule has 1 aromatic heterocycles. The first-order valence-corrected chi connectivity index (χ1v) is 5.69. The van der Waals surface area contributed by atoms with Crippen LogP contribution < -0.4 is 5.32 Å². The standard InChI is InChI=1S/C13H10FN3O3/c14-11-8-10(1-2-12(11)17(19)20)16-13(18)7-9-3-5-15-6-4-9/h1-6,8H,7H2,(H,16,18). The third-order valence-corrected chi connectivity index (χ3v) is 2.54. The fraction of sp³-hybridized carbons (Fsp3) is 0.0769. The van der Waals surface area contributed by atoms with Gasteiger partial charge in [-0.1, -0.05) is 0 Å². The number of hydrogen-bond donors (Lipinski definition) is 1. The van der Waals surface area contributed by atoms with Gasteiger partial charge < -0.3 is 5.32 Å². The van der Waals surface area contributed by atoms with Crippen LogP contribution in [0.5, 0.6) is 0 Å². The number of amides is 1. The minimum atomic E-state index is -0.989. The topological polar surface area (TPSA) is 85.1 Å². The number of carbonyl (C=O) groups is 1. The first-order chi connectivity index (χ1) is 9.56.